The number of esters is 1. The van der Waals surface area contributed by atoms with Gasteiger partial charge in [-0.15, -0.1) is 0 Å². The van der Waals surface area contributed by atoms with Gasteiger partial charge in [0.2, 0.25) is 5.56 Å². The number of carbonyl (C=O) groups excluding carboxylic acids is 2. The molecule has 3 rings (SSSR count). The lowest BCUT2D eigenvalue weighted by Gasteiger charge is -2.14. The van der Waals surface area contributed by atoms with Crippen molar-refractivity contribution in [2.75, 3.05) is 5.32 Å². The molecule has 7 heteroatoms. The van der Waals surface area contributed by atoms with Gasteiger partial charge in [0, 0.05) is 22.7 Å². The molecule has 0 fully saturated rings. The normalized spacial score (nSPS) is 11.8. The number of pyridine rings is 1. The standard InChI is InChI=1S/C19H15FN2O4/c1-11(18(24)21-13-6-4-5-12(20)9-13)26-19(25)15-10-17(23)22-16-8-3-2-7-14(15)16/h2-11H,1H3,(H,21,24)(H,22,23). The molecule has 0 aliphatic carbocycles. The van der Waals surface area contributed by atoms with Gasteiger partial charge in [0.25, 0.3) is 5.91 Å². The summed E-state index contributed by atoms with van der Waals surface area (Å²) in [5, 5.41) is 2.97. The molecule has 0 radical (unpaired) electrons. The number of nitrogens with one attached hydrogen (secondary N) is 2. The van der Waals surface area contributed by atoms with Crippen molar-refractivity contribution < 1.29 is 18.7 Å². The Bertz CT molecular complexity index is 1040. The highest BCUT2D eigenvalue weighted by Crippen LogP contribution is 2.17. The van der Waals surface area contributed by atoms with E-state index >= 15 is 0 Å². The van der Waals surface area contributed by atoms with E-state index in [0.29, 0.717) is 10.9 Å². The highest BCUT2D eigenvalue weighted by Gasteiger charge is 2.21. The number of fused-ring (bicyclic) bond motifs is 1. The number of hydrogen-bond acceptors (Lipinski definition) is 4. The van der Waals surface area contributed by atoms with Gasteiger partial charge in [0.1, 0.15) is 5.82 Å². The monoisotopic (exact) mass is 354 g/mol. The van der Waals surface area contributed by atoms with Crippen LogP contribution in [0.1, 0.15) is 17.3 Å². The molecule has 2 aromatic carbocycles. The van der Waals surface area contributed by atoms with Crippen LogP contribution in [0.2, 0.25) is 0 Å². The summed E-state index contributed by atoms with van der Waals surface area (Å²) in [6.07, 6.45) is -1.14. The molecule has 6 nitrogen and oxygen atoms in total. The van der Waals surface area contributed by atoms with Crippen molar-refractivity contribution in [3.8, 4) is 0 Å². The zero-order valence-electron chi connectivity index (χ0n) is 13.8. The molecule has 1 aromatic heterocycles. The van der Waals surface area contributed by atoms with Crippen LogP contribution in [0.4, 0.5) is 10.1 Å². The first-order valence-corrected chi connectivity index (χ1v) is 7.83. The second-order valence-electron chi connectivity index (χ2n) is 5.64. The second kappa shape index (κ2) is 7.18. The fraction of sp³-hybridized carbons (Fsp3) is 0.105. The summed E-state index contributed by atoms with van der Waals surface area (Å²) >= 11 is 0. The third-order valence-corrected chi connectivity index (χ3v) is 3.72. The number of benzene rings is 2. The van der Waals surface area contributed by atoms with Crippen LogP contribution in [-0.4, -0.2) is 23.0 Å². The maximum atomic E-state index is 13.2. The van der Waals surface area contributed by atoms with Crippen LogP contribution >= 0.6 is 0 Å². The maximum Gasteiger partial charge on any atom is 0.339 e. The van der Waals surface area contributed by atoms with Crippen molar-refractivity contribution in [3.05, 3.63) is 76.3 Å². The van der Waals surface area contributed by atoms with E-state index in [-0.39, 0.29) is 11.3 Å². The molecule has 0 bridgehead atoms. The van der Waals surface area contributed by atoms with Gasteiger partial charge in [-0.25, -0.2) is 9.18 Å². The Morgan fingerprint density at radius 3 is 2.65 bits per heavy atom. The molecular formula is C19H15FN2O4. The van der Waals surface area contributed by atoms with Crippen LogP contribution in [0.3, 0.4) is 0 Å². The van der Waals surface area contributed by atoms with E-state index in [9.17, 15) is 18.8 Å². The fourth-order valence-corrected chi connectivity index (χ4v) is 2.46. The lowest BCUT2D eigenvalue weighted by atomic mass is 10.1. The van der Waals surface area contributed by atoms with E-state index in [2.05, 4.69) is 10.3 Å². The van der Waals surface area contributed by atoms with Crippen molar-refractivity contribution in [1.29, 1.82) is 0 Å². The first kappa shape index (κ1) is 17.3. The first-order valence-electron chi connectivity index (χ1n) is 7.83. The van der Waals surface area contributed by atoms with E-state index in [1.165, 1.54) is 25.1 Å². The minimum Gasteiger partial charge on any atom is -0.449 e. The fourth-order valence-electron chi connectivity index (χ4n) is 2.46. The van der Waals surface area contributed by atoms with Crippen LogP contribution in [0.25, 0.3) is 10.9 Å². The van der Waals surface area contributed by atoms with E-state index in [0.717, 1.165) is 12.1 Å². The van der Waals surface area contributed by atoms with Gasteiger partial charge in [-0.3, -0.25) is 9.59 Å². The highest BCUT2D eigenvalue weighted by molar-refractivity contribution is 6.04. The first-order chi connectivity index (χ1) is 12.4. The number of hydrogen-bond donors (Lipinski definition) is 2. The van der Waals surface area contributed by atoms with Crippen molar-refractivity contribution in [3.63, 3.8) is 0 Å². The average molecular weight is 354 g/mol. The maximum absolute atomic E-state index is 13.2. The number of anilines is 1. The molecule has 0 spiro atoms. The van der Waals surface area contributed by atoms with Gasteiger partial charge in [-0.05, 0) is 31.2 Å². The minimum absolute atomic E-state index is 0.0646. The molecular weight excluding hydrogens is 339 g/mol. The van der Waals surface area contributed by atoms with Gasteiger partial charge in [-0.2, -0.15) is 0 Å². The lowest BCUT2D eigenvalue weighted by molar-refractivity contribution is -0.123. The summed E-state index contributed by atoms with van der Waals surface area (Å²) in [4.78, 5) is 38.9. The third kappa shape index (κ3) is 3.77. The summed E-state index contributed by atoms with van der Waals surface area (Å²) in [5.41, 5.74) is 0.352. The topological polar surface area (TPSA) is 88.3 Å². The van der Waals surface area contributed by atoms with Crippen molar-refractivity contribution >= 4 is 28.5 Å². The largest absolute Gasteiger partial charge is 0.449 e. The molecule has 3 aromatic rings. The predicted molar refractivity (Wildman–Crippen MR) is 94.5 cm³/mol. The van der Waals surface area contributed by atoms with E-state index < -0.39 is 29.4 Å². The predicted octanol–water partition coefficient (Wildman–Crippen LogP) is 2.85. The molecule has 1 atom stereocenters. The quantitative estimate of drug-likeness (QED) is 0.705. The number of halogens is 1. The number of carbonyl (C=O) groups is 2. The van der Waals surface area contributed by atoms with Gasteiger partial charge < -0.3 is 15.0 Å². The van der Waals surface area contributed by atoms with Crippen LogP contribution in [-0.2, 0) is 9.53 Å². The van der Waals surface area contributed by atoms with Crippen molar-refractivity contribution in [2.24, 2.45) is 0 Å². The smallest absolute Gasteiger partial charge is 0.339 e. The number of para-hydroxylation sites is 1. The lowest BCUT2D eigenvalue weighted by Crippen LogP contribution is -2.30. The number of aromatic amines is 1. The zero-order chi connectivity index (χ0) is 18.7. The van der Waals surface area contributed by atoms with Crippen molar-refractivity contribution in [2.45, 2.75) is 13.0 Å². The Morgan fingerprint density at radius 1 is 1.12 bits per heavy atom. The molecule has 0 aliphatic rings. The number of rotatable bonds is 4. The van der Waals surface area contributed by atoms with Crippen LogP contribution < -0.4 is 10.9 Å². The van der Waals surface area contributed by atoms with Gasteiger partial charge >= 0.3 is 5.97 Å². The molecule has 0 saturated carbocycles. The van der Waals surface area contributed by atoms with E-state index in [4.69, 9.17) is 4.74 Å². The third-order valence-electron chi connectivity index (χ3n) is 3.72. The SMILES string of the molecule is CC(OC(=O)c1cc(=O)[nH]c2ccccc12)C(=O)Nc1cccc(F)c1. The zero-order valence-corrected chi connectivity index (χ0v) is 13.8. The molecule has 0 saturated heterocycles. The van der Waals surface area contributed by atoms with Crippen LogP contribution in [0.15, 0.2) is 59.4 Å². The number of ether oxygens (including phenoxy) is 1. The molecule has 1 heterocycles. The van der Waals surface area contributed by atoms with Gasteiger partial charge in [0.05, 0.1) is 5.56 Å². The molecule has 0 aliphatic heterocycles. The second-order valence-corrected chi connectivity index (χ2v) is 5.64. The molecule has 1 unspecified atom stereocenters. The molecule has 132 valence electrons. The highest BCUT2D eigenvalue weighted by atomic mass is 19.1. The molecule has 26 heavy (non-hydrogen) atoms. The Hall–Kier alpha value is -3.48. The Balaban J connectivity index is 1.77. The number of aromatic nitrogens is 1. The van der Waals surface area contributed by atoms with Gasteiger partial charge in [-0.1, -0.05) is 24.3 Å². The molecule has 1 amide bonds. The number of H-pyrrole nitrogens is 1. The van der Waals surface area contributed by atoms with Crippen LogP contribution in [0.5, 0.6) is 0 Å². The Labute approximate surface area is 147 Å². The number of amides is 1. The average Bonchev–Trinajstić information content (AvgIpc) is 2.60. The van der Waals surface area contributed by atoms with Crippen molar-refractivity contribution in [1.82, 2.24) is 4.98 Å². The van der Waals surface area contributed by atoms with Crippen LogP contribution in [0, 0.1) is 5.82 Å². The summed E-state index contributed by atoms with van der Waals surface area (Å²) in [6.45, 7) is 1.39. The van der Waals surface area contributed by atoms with Gasteiger partial charge in [0.15, 0.2) is 6.10 Å². The minimum atomic E-state index is -1.14. The summed E-state index contributed by atoms with van der Waals surface area (Å²) < 4.78 is 18.3. The summed E-state index contributed by atoms with van der Waals surface area (Å²) in [7, 11) is 0. The molecule has 2 N–H and O–H groups in total. The van der Waals surface area contributed by atoms with E-state index in [1.54, 1.807) is 24.3 Å². The Kier molecular flexibility index (Phi) is 4.79. The summed E-state index contributed by atoms with van der Waals surface area (Å²) in [5.74, 6) is -1.91. The van der Waals surface area contributed by atoms with E-state index in [1.807, 2.05) is 0 Å². The summed E-state index contributed by atoms with van der Waals surface area (Å²) in [6, 6.07) is 13.3. The Morgan fingerprint density at radius 2 is 1.88 bits per heavy atom.